The highest BCUT2D eigenvalue weighted by molar-refractivity contribution is 5.84. The lowest BCUT2D eigenvalue weighted by Gasteiger charge is -2.26. The van der Waals surface area contributed by atoms with Crippen LogP contribution in [0.4, 0.5) is 0 Å². The van der Waals surface area contributed by atoms with Gasteiger partial charge in [0, 0.05) is 56.4 Å². The van der Waals surface area contributed by atoms with Crippen molar-refractivity contribution in [2.45, 2.75) is 32.7 Å². The number of rotatable bonds is 7. The van der Waals surface area contributed by atoms with E-state index >= 15 is 0 Å². The smallest absolute Gasteiger partial charge is 0.0485 e. The van der Waals surface area contributed by atoms with Crippen LogP contribution in [0.3, 0.4) is 0 Å². The lowest BCUT2D eigenvalue weighted by Crippen LogP contribution is -2.43. The molecule has 1 aliphatic rings. The zero-order chi connectivity index (χ0) is 16.1. The van der Waals surface area contributed by atoms with E-state index in [1.165, 1.54) is 48.1 Å². The molecule has 0 unspecified atom stereocenters. The molecule has 0 spiro atoms. The van der Waals surface area contributed by atoms with Gasteiger partial charge < -0.3 is 19.9 Å². The monoisotopic (exact) mass is 315 g/mol. The number of nitrogens with zero attached hydrogens (tertiary/aromatic N) is 2. The summed E-state index contributed by atoms with van der Waals surface area (Å²) in [5, 5.41) is 13.9. The van der Waals surface area contributed by atoms with E-state index in [1.807, 2.05) is 0 Å². The molecular weight excluding hydrogens is 286 g/mol. The average Bonchev–Trinajstić information content (AvgIpc) is 2.91. The summed E-state index contributed by atoms with van der Waals surface area (Å²) in [5.41, 5.74) is 4.07. The summed E-state index contributed by atoms with van der Waals surface area (Å²) in [7, 11) is 0. The Morgan fingerprint density at radius 1 is 1.13 bits per heavy atom. The van der Waals surface area contributed by atoms with E-state index in [0.29, 0.717) is 0 Å². The predicted molar refractivity (Wildman–Crippen MR) is 96.0 cm³/mol. The number of nitrogens with one attached hydrogen (secondary N) is 1. The molecule has 0 atom stereocenters. The third-order valence-corrected chi connectivity index (χ3v) is 4.81. The van der Waals surface area contributed by atoms with Crippen LogP contribution in [-0.4, -0.2) is 53.9 Å². The van der Waals surface area contributed by atoms with Gasteiger partial charge in [-0.2, -0.15) is 0 Å². The summed E-state index contributed by atoms with van der Waals surface area (Å²) < 4.78 is 2.32. The van der Waals surface area contributed by atoms with Gasteiger partial charge in [-0.15, -0.1) is 0 Å². The molecule has 0 amide bonds. The minimum atomic E-state index is 0.254. The van der Waals surface area contributed by atoms with Gasteiger partial charge in [0.05, 0.1) is 0 Å². The molecule has 2 heterocycles. The number of hydrogen-bond acceptors (Lipinski definition) is 3. The van der Waals surface area contributed by atoms with Crippen molar-refractivity contribution in [3.63, 3.8) is 0 Å². The average molecular weight is 315 g/mol. The maximum Gasteiger partial charge on any atom is 0.0485 e. The third kappa shape index (κ3) is 4.14. The van der Waals surface area contributed by atoms with Crippen molar-refractivity contribution in [1.29, 1.82) is 0 Å². The van der Waals surface area contributed by atoms with Crippen LogP contribution in [0, 0.1) is 6.92 Å². The van der Waals surface area contributed by atoms with Gasteiger partial charge in [-0.05, 0) is 49.9 Å². The first-order chi connectivity index (χ1) is 11.3. The van der Waals surface area contributed by atoms with Crippen LogP contribution in [0.5, 0.6) is 0 Å². The molecule has 2 aromatic rings. The van der Waals surface area contributed by atoms with Crippen LogP contribution in [0.15, 0.2) is 24.4 Å². The van der Waals surface area contributed by atoms with E-state index in [9.17, 15) is 0 Å². The molecule has 1 aromatic heterocycles. The topological polar surface area (TPSA) is 40.4 Å². The number of piperazine rings is 1. The first kappa shape index (κ1) is 16.5. The Morgan fingerprint density at radius 2 is 1.96 bits per heavy atom. The van der Waals surface area contributed by atoms with Gasteiger partial charge in [-0.25, -0.2) is 0 Å². The number of aryl methyl sites for hydroxylation is 3. The number of aromatic nitrogens is 1. The van der Waals surface area contributed by atoms with E-state index in [-0.39, 0.29) is 6.61 Å². The van der Waals surface area contributed by atoms with Crippen LogP contribution < -0.4 is 5.32 Å². The van der Waals surface area contributed by atoms with Gasteiger partial charge in [-0.1, -0.05) is 12.1 Å². The van der Waals surface area contributed by atoms with E-state index in [4.69, 9.17) is 5.11 Å². The van der Waals surface area contributed by atoms with Crippen LogP contribution in [0.1, 0.15) is 24.0 Å². The van der Waals surface area contributed by atoms with Crippen LogP contribution in [0.2, 0.25) is 0 Å². The second kappa shape index (κ2) is 7.95. The molecule has 0 bridgehead atoms. The van der Waals surface area contributed by atoms with Gasteiger partial charge in [0.15, 0.2) is 0 Å². The molecule has 0 saturated carbocycles. The number of fused-ring (bicyclic) bond motifs is 1. The van der Waals surface area contributed by atoms with E-state index in [1.54, 1.807) is 0 Å². The maximum atomic E-state index is 9.12. The molecule has 1 aromatic carbocycles. The fourth-order valence-electron chi connectivity index (χ4n) is 3.53. The van der Waals surface area contributed by atoms with Crippen LogP contribution >= 0.6 is 0 Å². The Morgan fingerprint density at radius 3 is 2.74 bits per heavy atom. The van der Waals surface area contributed by atoms with Crippen LogP contribution in [-0.2, 0) is 13.0 Å². The van der Waals surface area contributed by atoms with Gasteiger partial charge in [0.2, 0.25) is 0 Å². The van der Waals surface area contributed by atoms with E-state index in [0.717, 1.165) is 32.5 Å². The molecule has 4 nitrogen and oxygen atoms in total. The second-order valence-electron chi connectivity index (χ2n) is 6.64. The summed E-state index contributed by atoms with van der Waals surface area (Å²) in [6.07, 6.45) is 5.47. The minimum absolute atomic E-state index is 0.254. The maximum absolute atomic E-state index is 9.12. The standard InChI is InChI=1S/C19H29N3O/c1-16-5-6-18-17(4-2-9-21-11-7-20-8-12-21)15-22(10-3-13-23)19(18)14-16/h5-6,14-15,20,23H,2-4,7-13H2,1H3. The molecule has 1 aliphatic heterocycles. The minimum Gasteiger partial charge on any atom is -0.396 e. The summed E-state index contributed by atoms with van der Waals surface area (Å²) in [5.74, 6) is 0. The van der Waals surface area contributed by atoms with Gasteiger partial charge in [0.1, 0.15) is 0 Å². The Balaban J connectivity index is 1.69. The van der Waals surface area contributed by atoms with Crippen LogP contribution in [0.25, 0.3) is 10.9 Å². The second-order valence-corrected chi connectivity index (χ2v) is 6.64. The molecule has 4 heteroatoms. The fourth-order valence-corrected chi connectivity index (χ4v) is 3.53. The molecule has 1 saturated heterocycles. The highest BCUT2D eigenvalue weighted by Crippen LogP contribution is 2.24. The van der Waals surface area contributed by atoms with E-state index in [2.05, 4.69) is 46.1 Å². The van der Waals surface area contributed by atoms with Gasteiger partial charge in [-0.3, -0.25) is 0 Å². The Kier molecular flexibility index (Phi) is 5.70. The fraction of sp³-hybridized carbons (Fsp3) is 0.579. The lowest BCUT2D eigenvalue weighted by atomic mass is 10.1. The largest absolute Gasteiger partial charge is 0.396 e. The highest BCUT2D eigenvalue weighted by atomic mass is 16.3. The van der Waals surface area contributed by atoms with Gasteiger partial charge in [0.25, 0.3) is 0 Å². The van der Waals surface area contributed by atoms with Crippen molar-refractivity contribution in [1.82, 2.24) is 14.8 Å². The SMILES string of the molecule is Cc1ccc2c(CCCN3CCNCC3)cn(CCCO)c2c1. The molecule has 0 radical (unpaired) electrons. The number of hydrogen-bond donors (Lipinski definition) is 2. The predicted octanol–water partition coefficient (Wildman–Crippen LogP) is 2.17. The number of benzene rings is 1. The lowest BCUT2D eigenvalue weighted by molar-refractivity contribution is 0.238. The van der Waals surface area contributed by atoms with E-state index < -0.39 is 0 Å². The zero-order valence-electron chi connectivity index (χ0n) is 14.2. The van der Waals surface area contributed by atoms with Crippen molar-refractivity contribution in [3.8, 4) is 0 Å². The Hall–Kier alpha value is -1.36. The quantitative estimate of drug-likeness (QED) is 0.823. The molecule has 126 valence electrons. The first-order valence-corrected chi connectivity index (χ1v) is 8.90. The van der Waals surface area contributed by atoms with Crippen molar-refractivity contribution in [2.75, 3.05) is 39.3 Å². The van der Waals surface area contributed by atoms with Crippen molar-refractivity contribution < 1.29 is 5.11 Å². The summed E-state index contributed by atoms with van der Waals surface area (Å²) in [6, 6.07) is 6.74. The summed E-state index contributed by atoms with van der Waals surface area (Å²) in [6.45, 7) is 9.09. The molecule has 1 fully saturated rings. The third-order valence-electron chi connectivity index (χ3n) is 4.81. The Labute approximate surface area is 139 Å². The van der Waals surface area contributed by atoms with Crippen molar-refractivity contribution >= 4 is 10.9 Å². The number of aliphatic hydroxyl groups excluding tert-OH is 1. The zero-order valence-corrected chi connectivity index (χ0v) is 14.2. The molecule has 0 aliphatic carbocycles. The summed E-state index contributed by atoms with van der Waals surface area (Å²) >= 11 is 0. The first-order valence-electron chi connectivity index (χ1n) is 8.90. The molecule has 23 heavy (non-hydrogen) atoms. The van der Waals surface area contributed by atoms with Gasteiger partial charge >= 0.3 is 0 Å². The van der Waals surface area contributed by atoms with Crippen molar-refractivity contribution in [2.24, 2.45) is 0 Å². The number of aliphatic hydroxyl groups is 1. The Bertz CT molecular complexity index is 629. The molecule has 2 N–H and O–H groups in total. The molecular formula is C19H29N3O. The van der Waals surface area contributed by atoms with Crippen molar-refractivity contribution in [3.05, 3.63) is 35.5 Å². The summed E-state index contributed by atoms with van der Waals surface area (Å²) in [4.78, 5) is 2.56. The normalized spacial score (nSPS) is 16.3. The molecule has 3 rings (SSSR count). The highest BCUT2D eigenvalue weighted by Gasteiger charge is 2.11.